The van der Waals surface area contributed by atoms with Crippen LogP contribution in [-0.2, 0) is 20.0 Å². The van der Waals surface area contributed by atoms with Crippen molar-refractivity contribution >= 4 is 58.7 Å². The Morgan fingerprint density at radius 3 is 2.93 bits per heavy atom. The maximum absolute atomic E-state index is 13.1. The summed E-state index contributed by atoms with van der Waals surface area (Å²) >= 11 is 2.80. The SMILES string of the molecule is Cn1c2nc(Cc3ccn[nH]3)sc2c2cnn(Cc3csc(C(=O)P)n3)c(=O)c21. The number of aromatic nitrogens is 7. The monoisotopic (exact) mass is 443 g/mol. The molecule has 0 spiro atoms. The van der Waals surface area contributed by atoms with E-state index in [1.807, 2.05) is 17.7 Å². The lowest BCUT2D eigenvalue weighted by atomic mass is 10.3. The summed E-state index contributed by atoms with van der Waals surface area (Å²) in [6, 6.07) is 1.92. The molecule has 0 radical (unpaired) electrons. The Morgan fingerprint density at radius 1 is 1.34 bits per heavy atom. The fourth-order valence-corrected chi connectivity index (χ4v) is 5.27. The number of fused-ring (bicyclic) bond motifs is 3. The Labute approximate surface area is 173 Å². The first kappa shape index (κ1) is 18.3. The summed E-state index contributed by atoms with van der Waals surface area (Å²) in [5, 5.41) is 15.1. The molecular formula is C17H14N7O2PS2. The summed E-state index contributed by atoms with van der Waals surface area (Å²) in [5.74, 6) is 0. The van der Waals surface area contributed by atoms with E-state index >= 15 is 0 Å². The first-order valence-electron chi connectivity index (χ1n) is 8.57. The molecule has 5 heterocycles. The molecule has 0 saturated carbocycles. The molecule has 0 saturated heterocycles. The summed E-state index contributed by atoms with van der Waals surface area (Å²) < 4.78 is 4.12. The second kappa shape index (κ2) is 6.94. The van der Waals surface area contributed by atoms with Gasteiger partial charge in [0.2, 0.25) is 5.52 Å². The van der Waals surface area contributed by atoms with Crippen LogP contribution in [0.5, 0.6) is 0 Å². The van der Waals surface area contributed by atoms with Gasteiger partial charge in [0, 0.05) is 36.1 Å². The van der Waals surface area contributed by atoms with Crippen molar-refractivity contribution in [2.45, 2.75) is 13.0 Å². The molecule has 0 amide bonds. The fourth-order valence-electron chi connectivity index (χ4n) is 3.21. The number of hydrogen-bond donors (Lipinski definition) is 1. The van der Waals surface area contributed by atoms with Crippen molar-refractivity contribution < 1.29 is 4.79 Å². The number of aromatic amines is 1. The van der Waals surface area contributed by atoms with E-state index in [9.17, 15) is 9.59 Å². The maximum atomic E-state index is 13.1. The van der Waals surface area contributed by atoms with E-state index in [1.54, 1.807) is 29.1 Å². The van der Waals surface area contributed by atoms with E-state index in [2.05, 4.69) is 29.5 Å². The normalized spacial score (nSPS) is 11.7. The van der Waals surface area contributed by atoms with Crippen molar-refractivity contribution in [3.8, 4) is 0 Å². The van der Waals surface area contributed by atoms with Crippen molar-refractivity contribution in [1.29, 1.82) is 0 Å². The molecule has 0 aliphatic heterocycles. The van der Waals surface area contributed by atoms with Crippen LogP contribution in [0.3, 0.4) is 0 Å². The Bertz CT molecular complexity index is 1430. The van der Waals surface area contributed by atoms with Crippen LogP contribution in [0.4, 0.5) is 0 Å². The minimum absolute atomic E-state index is 0.170. The third-order valence-corrected chi connectivity index (χ3v) is 7.01. The van der Waals surface area contributed by atoms with Gasteiger partial charge in [-0.25, -0.2) is 14.6 Å². The summed E-state index contributed by atoms with van der Waals surface area (Å²) in [7, 11) is 3.94. The van der Waals surface area contributed by atoms with Crippen LogP contribution in [0.25, 0.3) is 21.3 Å². The highest BCUT2D eigenvalue weighted by Gasteiger charge is 2.19. The second-order valence-corrected chi connectivity index (χ2v) is 8.92. The van der Waals surface area contributed by atoms with Crippen molar-refractivity contribution in [2.75, 3.05) is 0 Å². The van der Waals surface area contributed by atoms with Crippen LogP contribution in [0, 0.1) is 0 Å². The Morgan fingerprint density at radius 2 is 2.21 bits per heavy atom. The molecule has 5 aromatic rings. The Balaban J connectivity index is 1.55. The number of carbonyl (C=O) groups is 1. The number of aryl methyl sites for hydroxylation is 1. The number of hydrogen-bond acceptors (Lipinski definition) is 8. The molecule has 5 rings (SSSR count). The van der Waals surface area contributed by atoms with Gasteiger partial charge in [-0.15, -0.1) is 22.7 Å². The van der Waals surface area contributed by atoms with Gasteiger partial charge in [-0.2, -0.15) is 10.2 Å². The molecule has 9 nitrogen and oxygen atoms in total. The molecule has 0 aliphatic rings. The molecule has 1 unspecified atom stereocenters. The highest BCUT2D eigenvalue weighted by Crippen LogP contribution is 2.31. The van der Waals surface area contributed by atoms with Gasteiger partial charge in [0.1, 0.15) is 10.5 Å². The molecule has 1 atom stereocenters. The lowest BCUT2D eigenvalue weighted by Gasteiger charge is -2.03. The molecule has 5 aromatic heterocycles. The van der Waals surface area contributed by atoms with E-state index in [1.165, 1.54) is 16.0 Å². The highest BCUT2D eigenvalue weighted by molar-refractivity contribution is 7.43. The topological polar surface area (TPSA) is 111 Å². The van der Waals surface area contributed by atoms with Gasteiger partial charge >= 0.3 is 0 Å². The molecule has 0 bridgehead atoms. The number of thiazole rings is 2. The van der Waals surface area contributed by atoms with Gasteiger partial charge in [-0.1, -0.05) is 9.24 Å². The lowest BCUT2D eigenvalue weighted by molar-refractivity contribution is 0.108. The van der Waals surface area contributed by atoms with Gasteiger partial charge in [-0.3, -0.25) is 14.7 Å². The minimum Gasteiger partial charge on any atom is -0.323 e. The fraction of sp³-hybridized carbons (Fsp3) is 0.176. The number of H-pyrrole nitrogens is 1. The number of rotatable bonds is 5. The van der Waals surface area contributed by atoms with E-state index < -0.39 is 0 Å². The van der Waals surface area contributed by atoms with Gasteiger partial charge in [0.15, 0.2) is 10.7 Å². The third-order valence-electron chi connectivity index (χ3n) is 4.54. The third kappa shape index (κ3) is 3.11. The van der Waals surface area contributed by atoms with E-state index in [-0.39, 0.29) is 17.6 Å². The number of nitrogens with zero attached hydrogens (tertiary/aromatic N) is 6. The van der Waals surface area contributed by atoms with Gasteiger partial charge in [-0.05, 0) is 6.07 Å². The maximum Gasteiger partial charge on any atom is 0.291 e. The quantitative estimate of drug-likeness (QED) is 0.417. The molecule has 29 heavy (non-hydrogen) atoms. The van der Waals surface area contributed by atoms with Crippen LogP contribution in [0.2, 0.25) is 0 Å². The van der Waals surface area contributed by atoms with Crippen molar-refractivity contribution in [3.63, 3.8) is 0 Å². The largest absolute Gasteiger partial charge is 0.323 e. The molecule has 0 fully saturated rings. The van der Waals surface area contributed by atoms with Crippen LogP contribution in [0.15, 0.2) is 28.6 Å². The standard InChI is InChI=1S/C17H14N7O2PS2/c1-23-12-10(13-14(23)21-11(29-13)4-8-2-3-18-22-8)5-19-24(16(12)25)6-9-7-28-15(20-9)17(26)27/h2-3,5,7H,4,6,27H2,1H3,(H,18,22). The van der Waals surface area contributed by atoms with Crippen LogP contribution >= 0.6 is 31.9 Å². The van der Waals surface area contributed by atoms with Gasteiger partial charge in [0.25, 0.3) is 5.56 Å². The number of carbonyl (C=O) groups excluding carboxylic acids is 1. The van der Waals surface area contributed by atoms with Crippen molar-refractivity contribution in [3.05, 3.63) is 55.6 Å². The molecule has 12 heteroatoms. The zero-order valence-electron chi connectivity index (χ0n) is 15.1. The molecule has 0 aliphatic carbocycles. The first-order valence-corrected chi connectivity index (χ1v) is 10.8. The van der Waals surface area contributed by atoms with Gasteiger partial charge < -0.3 is 4.57 Å². The molecule has 146 valence electrons. The molecular weight excluding hydrogens is 429 g/mol. The van der Waals surface area contributed by atoms with Gasteiger partial charge in [0.05, 0.1) is 23.1 Å². The summed E-state index contributed by atoms with van der Waals surface area (Å²) in [4.78, 5) is 33.4. The molecule has 0 aromatic carbocycles. The Hall–Kier alpha value is -2.75. The van der Waals surface area contributed by atoms with Crippen LogP contribution in [-0.4, -0.2) is 40.0 Å². The summed E-state index contributed by atoms with van der Waals surface area (Å²) in [6.07, 6.45) is 4.07. The Kier molecular flexibility index (Phi) is 4.38. The summed E-state index contributed by atoms with van der Waals surface area (Å²) in [5.41, 5.74) is 2.56. The second-order valence-electron chi connectivity index (χ2n) is 6.46. The lowest BCUT2D eigenvalue weighted by Crippen LogP contribution is -2.24. The van der Waals surface area contributed by atoms with Crippen LogP contribution in [0.1, 0.15) is 26.2 Å². The summed E-state index contributed by atoms with van der Waals surface area (Å²) in [6.45, 7) is 0.209. The first-order chi connectivity index (χ1) is 14.0. The molecule has 1 N–H and O–H groups in total. The van der Waals surface area contributed by atoms with Crippen molar-refractivity contribution in [1.82, 2.24) is 34.5 Å². The zero-order valence-corrected chi connectivity index (χ0v) is 17.9. The number of nitrogens with one attached hydrogen (secondary N) is 1. The average molecular weight is 443 g/mol. The van der Waals surface area contributed by atoms with E-state index in [4.69, 9.17) is 4.98 Å². The van der Waals surface area contributed by atoms with Crippen LogP contribution < -0.4 is 5.56 Å². The predicted molar refractivity (Wildman–Crippen MR) is 115 cm³/mol. The van der Waals surface area contributed by atoms with Crippen molar-refractivity contribution in [2.24, 2.45) is 7.05 Å². The predicted octanol–water partition coefficient (Wildman–Crippen LogP) is 2.18. The zero-order chi connectivity index (χ0) is 20.1. The average Bonchev–Trinajstić information content (AvgIpc) is 3.45. The van der Waals surface area contributed by atoms with E-state index in [0.29, 0.717) is 22.6 Å². The highest BCUT2D eigenvalue weighted by atomic mass is 32.1. The minimum atomic E-state index is -0.211. The smallest absolute Gasteiger partial charge is 0.291 e. The van der Waals surface area contributed by atoms with E-state index in [0.717, 1.165) is 26.4 Å².